The molecule has 144 valence electrons. The Bertz CT molecular complexity index is 924. The number of hydrogen-bond acceptors (Lipinski definition) is 4. The fraction of sp³-hybridized carbons (Fsp3) is 0.190. The summed E-state index contributed by atoms with van der Waals surface area (Å²) in [6, 6.07) is 15.4. The number of carbonyl (C=O) groups is 2. The minimum absolute atomic E-state index is 0.0806. The molecule has 0 aliphatic carbocycles. The van der Waals surface area contributed by atoms with Crippen molar-refractivity contribution in [2.75, 3.05) is 11.9 Å². The highest BCUT2D eigenvalue weighted by Crippen LogP contribution is 2.32. The van der Waals surface area contributed by atoms with E-state index in [0.717, 1.165) is 15.7 Å². The summed E-state index contributed by atoms with van der Waals surface area (Å²) in [5, 5.41) is 2.85. The molecule has 2 amide bonds. The summed E-state index contributed by atoms with van der Waals surface area (Å²) in [5.41, 5.74) is 2.89. The standard InChI is InChI=1S/C21H19BrN2O2S2/c1-14-4-6-15(7-5-14)13-18-20(26)24(21(27)28-18)12-2-3-19(25)23-17-10-8-16(22)9-11-17/h4-11,13H,2-3,12H2,1H3,(H,23,25)/b18-13+. The molecule has 1 saturated heterocycles. The Balaban J connectivity index is 1.52. The number of thioether (sulfide) groups is 1. The monoisotopic (exact) mass is 474 g/mol. The largest absolute Gasteiger partial charge is 0.326 e. The maximum Gasteiger partial charge on any atom is 0.266 e. The molecule has 7 heteroatoms. The third-order valence-electron chi connectivity index (χ3n) is 4.16. The third-order valence-corrected chi connectivity index (χ3v) is 6.07. The molecule has 0 radical (unpaired) electrons. The van der Waals surface area contributed by atoms with Crippen molar-refractivity contribution in [2.45, 2.75) is 19.8 Å². The molecular weight excluding hydrogens is 456 g/mol. The highest BCUT2D eigenvalue weighted by atomic mass is 79.9. The average molecular weight is 475 g/mol. The van der Waals surface area contributed by atoms with Gasteiger partial charge in [-0.2, -0.15) is 0 Å². The molecule has 3 rings (SSSR count). The Hall–Kier alpha value is -1.96. The molecular formula is C21H19BrN2O2S2. The highest BCUT2D eigenvalue weighted by Gasteiger charge is 2.31. The molecule has 0 aromatic heterocycles. The molecule has 0 unspecified atom stereocenters. The lowest BCUT2D eigenvalue weighted by atomic mass is 10.1. The maximum absolute atomic E-state index is 12.6. The zero-order valence-corrected chi connectivity index (χ0v) is 18.5. The van der Waals surface area contributed by atoms with E-state index >= 15 is 0 Å². The average Bonchev–Trinajstić information content (AvgIpc) is 2.93. The minimum atomic E-state index is -0.0936. The zero-order valence-electron chi connectivity index (χ0n) is 15.3. The van der Waals surface area contributed by atoms with Crippen LogP contribution in [0, 0.1) is 6.92 Å². The molecule has 1 N–H and O–H groups in total. The predicted molar refractivity (Wildman–Crippen MR) is 123 cm³/mol. The number of nitrogens with zero attached hydrogens (tertiary/aromatic N) is 1. The fourth-order valence-corrected chi connectivity index (χ4v) is 4.23. The molecule has 0 saturated carbocycles. The normalized spacial score (nSPS) is 15.4. The molecule has 28 heavy (non-hydrogen) atoms. The lowest BCUT2D eigenvalue weighted by Gasteiger charge is -2.14. The molecule has 4 nitrogen and oxygen atoms in total. The minimum Gasteiger partial charge on any atom is -0.326 e. The molecule has 1 fully saturated rings. The summed E-state index contributed by atoms with van der Waals surface area (Å²) >= 11 is 10.0. The van der Waals surface area contributed by atoms with E-state index in [4.69, 9.17) is 12.2 Å². The molecule has 1 heterocycles. The van der Waals surface area contributed by atoms with Crippen molar-refractivity contribution in [3.8, 4) is 0 Å². The first-order chi connectivity index (χ1) is 13.4. The van der Waals surface area contributed by atoms with E-state index in [9.17, 15) is 9.59 Å². The van der Waals surface area contributed by atoms with Crippen LogP contribution in [0.4, 0.5) is 5.69 Å². The number of nitrogens with one attached hydrogen (secondary N) is 1. The SMILES string of the molecule is Cc1ccc(/C=C2/SC(=S)N(CCCC(=O)Nc3ccc(Br)cc3)C2=O)cc1. The van der Waals surface area contributed by atoms with Gasteiger partial charge in [0.1, 0.15) is 4.32 Å². The van der Waals surface area contributed by atoms with Crippen molar-refractivity contribution in [3.05, 3.63) is 69.0 Å². The van der Waals surface area contributed by atoms with Crippen LogP contribution in [0.1, 0.15) is 24.0 Å². The van der Waals surface area contributed by atoms with E-state index in [1.807, 2.05) is 61.5 Å². The summed E-state index contributed by atoms with van der Waals surface area (Å²) in [6.45, 7) is 2.46. The molecule has 2 aromatic carbocycles. The summed E-state index contributed by atoms with van der Waals surface area (Å²) < 4.78 is 1.50. The number of benzene rings is 2. The Morgan fingerprint density at radius 1 is 1.18 bits per heavy atom. The summed E-state index contributed by atoms with van der Waals surface area (Å²) in [4.78, 5) is 26.9. The van der Waals surface area contributed by atoms with E-state index < -0.39 is 0 Å². The van der Waals surface area contributed by atoms with E-state index in [1.54, 1.807) is 4.90 Å². The van der Waals surface area contributed by atoms with Crippen molar-refractivity contribution < 1.29 is 9.59 Å². The topological polar surface area (TPSA) is 49.4 Å². The van der Waals surface area contributed by atoms with Gasteiger partial charge in [0, 0.05) is 23.1 Å². The van der Waals surface area contributed by atoms with Crippen LogP contribution in [0.15, 0.2) is 57.9 Å². The Labute approximate surface area is 182 Å². The molecule has 1 aliphatic heterocycles. The number of thiocarbonyl (C=S) groups is 1. The summed E-state index contributed by atoms with van der Waals surface area (Å²) in [5.74, 6) is -0.174. The van der Waals surface area contributed by atoms with E-state index in [1.165, 1.54) is 17.3 Å². The van der Waals surface area contributed by atoms with Gasteiger partial charge < -0.3 is 5.32 Å². The van der Waals surface area contributed by atoms with Gasteiger partial charge in [-0.1, -0.05) is 69.7 Å². The molecule has 0 atom stereocenters. The first-order valence-electron chi connectivity index (χ1n) is 8.80. The fourth-order valence-electron chi connectivity index (χ4n) is 2.66. The van der Waals surface area contributed by atoms with E-state index in [0.29, 0.717) is 28.6 Å². The van der Waals surface area contributed by atoms with Gasteiger partial charge in [0.05, 0.1) is 4.91 Å². The number of halogens is 1. The van der Waals surface area contributed by atoms with Gasteiger partial charge >= 0.3 is 0 Å². The van der Waals surface area contributed by atoms with Gasteiger partial charge in [0.15, 0.2) is 0 Å². The third kappa shape index (κ3) is 5.53. The number of carbonyl (C=O) groups excluding carboxylic acids is 2. The summed E-state index contributed by atoms with van der Waals surface area (Å²) in [7, 11) is 0. The van der Waals surface area contributed by atoms with Crippen molar-refractivity contribution in [1.82, 2.24) is 4.90 Å². The quantitative estimate of drug-likeness (QED) is 0.451. The van der Waals surface area contributed by atoms with Crippen LogP contribution < -0.4 is 5.32 Å². The second-order valence-electron chi connectivity index (χ2n) is 6.40. The van der Waals surface area contributed by atoms with Gasteiger partial charge in [0.2, 0.25) is 5.91 Å². The number of rotatable bonds is 6. The highest BCUT2D eigenvalue weighted by molar-refractivity contribution is 9.10. The number of anilines is 1. The smallest absolute Gasteiger partial charge is 0.266 e. The molecule has 0 spiro atoms. The van der Waals surface area contributed by atoms with Gasteiger partial charge in [-0.05, 0) is 49.2 Å². The number of aryl methyl sites for hydroxylation is 1. The lowest BCUT2D eigenvalue weighted by Crippen LogP contribution is -2.29. The first-order valence-corrected chi connectivity index (χ1v) is 10.8. The van der Waals surface area contributed by atoms with Crippen LogP contribution in [0.2, 0.25) is 0 Å². The van der Waals surface area contributed by atoms with Gasteiger partial charge in [-0.25, -0.2) is 0 Å². The molecule has 0 bridgehead atoms. The Morgan fingerprint density at radius 3 is 2.54 bits per heavy atom. The second-order valence-corrected chi connectivity index (χ2v) is 8.99. The molecule has 2 aromatic rings. The van der Waals surface area contributed by atoms with Gasteiger partial charge in [-0.3, -0.25) is 14.5 Å². The van der Waals surface area contributed by atoms with Gasteiger partial charge in [0.25, 0.3) is 5.91 Å². The zero-order chi connectivity index (χ0) is 20.1. The van der Waals surface area contributed by atoms with Crippen molar-refractivity contribution >= 4 is 67.8 Å². The van der Waals surface area contributed by atoms with Crippen molar-refractivity contribution in [2.24, 2.45) is 0 Å². The van der Waals surface area contributed by atoms with Crippen molar-refractivity contribution in [3.63, 3.8) is 0 Å². The number of amides is 2. The van der Waals surface area contributed by atoms with Crippen LogP contribution in [0.5, 0.6) is 0 Å². The van der Waals surface area contributed by atoms with Crippen LogP contribution in [0.25, 0.3) is 6.08 Å². The second kappa shape index (κ2) is 9.49. The predicted octanol–water partition coefficient (Wildman–Crippen LogP) is 5.38. The maximum atomic E-state index is 12.6. The molecule has 1 aliphatic rings. The van der Waals surface area contributed by atoms with Crippen LogP contribution in [0.3, 0.4) is 0 Å². The number of hydrogen-bond donors (Lipinski definition) is 1. The Kier molecular flexibility index (Phi) is 7.04. The van der Waals surface area contributed by atoms with Crippen LogP contribution in [-0.4, -0.2) is 27.6 Å². The van der Waals surface area contributed by atoms with E-state index in [2.05, 4.69) is 21.2 Å². The van der Waals surface area contributed by atoms with Crippen LogP contribution in [-0.2, 0) is 9.59 Å². The Morgan fingerprint density at radius 2 is 1.86 bits per heavy atom. The van der Waals surface area contributed by atoms with Crippen LogP contribution >= 0.6 is 39.9 Å². The van der Waals surface area contributed by atoms with E-state index in [-0.39, 0.29) is 11.8 Å². The van der Waals surface area contributed by atoms with Gasteiger partial charge in [-0.15, -0.1) is 0 Å². The first kappa shape index (κ1) is 20.8. The summed E-state index contributed by atoms with van der Waals surface area (Å²) in [6.07, 6.45) is 2.73. The lowest BCUT2D eigenvalue weighted by molar-refractivity contribution is -0.122. The van der Waals surface area contributed by atoms with Crippen molar-refractivity contribution in [1.29, 1.82) is 0 Å².